The van der Waals surface area contributed by atoms with Crippen molar-refractivity contribution in [2.24, 2.45) is 5.92 Å². The first-order valence-corrected chi connectivity index (χ1v) is 7.44. The van der Waals surface area contributed by atoms with E-state index in [9.17, 15) is 4.79 Å². The predicted molar refractivity (Wildman–Crippen MR) is 77.3 cm³/mol. The van der Waals surface area contributed by atoms with Crippen LogP contribution in [-0.4, -0.2) is 17.3 Å². The summed E-state index contributed by atoms with van der Waals surface area (Å²) >= 11 is 13.7. The van der Waals surface area contributed by atoms with E-state index in [0.29, 0.717) is 28.1 Å². The maximum Gasteiger partial charge on any atom is 0.147 e. The molecule has 0 aromatic heterocycles. The van der Waals surface area contributed by atoms with E-state index in [-0.39, 0.29) is 5.78 Å². The van der Waals surface area contributed by atoms with Crippen LogP contribution in [0.15, 0.2) is 18.2 Å². The number of hydrogen-bond acceptors (Lipinski definition) is 2. The molecule has 0 fully saturated rings. The van der Waals surface area contributed by atoms with Crippen LogP contribution >= 0.6 is 35.0 Å². The van der Waals surface area contributed by atoms with Crippen molar-refractivity contribution >= 4 is 40.7 Å². The normalized spacial score (nSPS) is 10.9. The SMILES string of the molecule is CC(C)CSCC(=O)Cc1c(Cl)cccc1Cl. The molecule has 1 aromatic carbocycles. The third-order valence-electron chi connectivity index (χ3n) is 2.15. The van der Waals surface area contributed by atoms with E-state index >= 15 is 0 Å². The van der Waals surface area contributed by atoms with Crippen LogP contribution in [-0.2, 0) is 11.2 Å². The fourth-order valence-electron chi connectivity index (χ4n) is 1.36. The van der Waals surface area contributed by atoms with Gasteiger partial charge in [-0.05, 0) is 29.4 Å². The standard InChI is InChI=1S/C13H16Cl2OS/c1-9(2)7-17-8-10(16)6-11-12(14)4-3-5-13(11)15/h3-5,9H,6-8H2,1-2H3. The fraction of sp³-hybridized carbons (Fsp3) is 0.462. The van der Waals surface area contributed by atoms with Crippen LogP contribution in [0.2, 0.25) is 10.0 Å². The molecule has 0 radical (unpaired) electrons. The molecule has 0 bridgehead atoms. The molecule has 0 heterocycles. The van der Waals surface area contributed by atoms with Crippen molar-refractivity contribution < 1.29 is 4.79 Å². The molecule has 0 saturated heterocycles. The average molecular weight is 291 g/mol. The van der Waals surface area contributed by atoms with E-state index < -0.39 is 0 Å². The molecule has 4 heteroatoms. The van der Waals surface area contributed by atoms with E-state index in [1.165, 1.54) is 0 Å². The lowest BCUT2D eigenvalue weighted by molar-refractivity contribution is -0.116. The van der Waals surface area contributed by atoms with E-state index in [2.05, 4.69) is 13.8 Å². The van der Waals surface area contributed by atoms with Crippen molar-refractivity contribution in [2.75, 3.05) is 11.5 Å². The predicted octanol–water partition coefficient (Wildman–Crippen LogP) is 4.49. The van der Waals surface area contributed by atoms with E-state index in [1.54, 1.807) is 30.0 Å². The zero-order chi connectivity index (χ0) is 12.8. The van der Waals surface area contributed by atoms with Crippen LogP contribution in [0.25, 0.3) is 0 Å². The van der Waals surface area contributed by atoms with Crippen LogP contribution in [0, 0.1) is 5.92 Å². The van der Waals surface area contributed by atoms with Gasteiger partial charge in [-0.1, -0.05) is 43.1 Å². The Morgan fingerprint density at radius 3 is 2.41 bits per heavy atom. The Morgan fingerprint density at radius 2 is 1.88 bits per heavy atom. The Balaban J connectivity index is 2.51. The minimum atomic E-state index is 0.172. The molecular weight excluding hydrogens is 275 g/mol. The molecule has 0 amide bonds. The average Bonchev–Trinajstić information content (AvgIpc) is 2.23. The molecule has 0 aliphatic carbocycles. The first kappa shape index (κ1) is 14.9. The highest BCUT2D eigenvalue weighted by atomic mass is 35.5. The van der Waals surface area contributed by atoms with Crippen molar-refractivity contribution in [3.8, 4) is 0 Å². The summed E-state index contributed by atoms with van der Waals surface area (Å²) in [5, 5.41) is 1.14. The number of carbonyl (C=O) groups is 1. The molecule has 0 aliphatic rings. The highest BCUT2D eigenvalue weighted by Crippen LogP contribution is 2.25. The summed E-state index contributed by atoms with van der Waals surface area (Å²) in [6.45, 7) is 4.28. The largest absolute Gasteiger partial charge is 0.298 e. The maximum atomic E-state index is 11.8. The summed E-state index contributed by atoms with van der Waals surface area (Å²) in [7, 11) is 0. The Labute approximate surface area is 117 Å². The maximum absolute atomic E-state index is 11.8. The molecule has 0 aliphatic heterocycles. The lowest BCUT2D eigenvalue weighted by Crippen LogP contribution is -2.08. The van der Waals surface area contributed by atoms with Gasteiger partial charge in [-0.3, -0.25) is 4.79 Å². The number of rotatable bonds is 6. The topological polar surface area (TPSA) is 17.1 Å². The van der Waals surface area contributed by atoms with Crippen molar-refractivity contribution in [2.45, 2.75) is 20.3 Å². The first-order chi connectivity index (χ1) is 8.00. The number of Topliss-reactive ketones (excluding diaryl/α,β-unsaturated/α-hetero) is 1. The second-order valence-corrected chi connectivity index (χ2v) is 6.17. The Kier molecular flexibility index (Phi) is 6.39. The van der Waals surface area contributed by atoms with Crippen molar-refractivity contribution in [1.82, 2.24) is 0 Å². The molecule has 0 saturated carbocycles. The summed E-state index contributed by atoms with van der Waals surface area (Å²) in [6.07, 6.45) is 0.323. The van der Waals surface area contributed by atoms with Crippen molar-refractivity contribution in [1.29, 1.82) is 0 Å². The van der Waals surface area contributed by atoms with Crippen LogP contribution in [0.4, 0.5) is 0 Å². The Bertz CT molecular complexity index is 371. The quantitative estimate of drug-likeness (QED) is 0.768. The Hall–Kier alpha value is -0.180. The van der Waals surface area contributed by atoms with Gasteiger partial charge >= 0.3 is 0 Å². The lowest BCUT2D eigenvalue weighted by atomic mass is 10.1. The summed E-state index contributed by atoms with van der Waals surface area (Å²) in [5.41, 5.74) is 0.742. The minimum Gasteiger partial charge on any atom is -0.298 e. The van der Waals surface area contributed by atoms with Gasteiger partial charge in [0.25, 0.3) is 0 Å². The zero-order valence-corrected chi connectivity index (χ0v) is 12.3. The molecule has 17 heavy (non-hydrogen) atoms. The second-order valence-electron chi connectivity index (χ2n) is 4.32. The van der Waals surface area contributed by atoms with Gasteiger partial charge in [0.15, 0.2) is 0 Å². The number of thioether (sulfide) groups is 1. The molecule has 1 rings (SSSR count). The van der Waals surface area contributed by atoms with Crippen molar-refractivity contribution in [3.63, 3.8) is 0 Å². The monoisotopic (exact) mass is 290 g/mol. The molecule has 94 valence electrons. The van der Waals surface area contributed by atoms with Gasteiger partial charge in [0.2, 0.25) is 0 Å². The van der Waals surface area contributed by atoms with E-state index in [0.717, 1.165) is 11.3 Å². The molecule has 0 spiro atoms. The smallest absolute Gasteiger partial charge is 0.147 e. The summed E-state index contributed by atoms with van der Waals surface area (Å²) < 4.78 is 0. The van der Waals surface area contributed by atoms with Crippen LogP contribution in [0.1, 0.15) is 19.4 Å². The number of carbonyl (C=O) groups excluding carboxylic acids is 1. The summed E-state index contributed by atoms with van der Waals surface area (Å²) in [6, 6.07) is 5.31. The van der Waals surface area contributed by atoms with E-state index in [1.807, 2.05) is 0 Å². The first-order valence-electron chi connectivity index (χ1n) is 5.53. The van der Waals surface area contributed by atoms with Gasteiger partial charge in [-0.2, -0.15) is 11.8 Å². The van der Waals surface area contributed by atoms with Crippen LogP contribution in [0.3, 0.4) is 0 Å². The van der Waals surface area contributed by atoms with Crippen LogP contribution in [0.5, 0.6) is 0 Å². The van der Waals surface area contributed by atoms with Gasteiger partial charge in [-0.25, -0.2) is 0 Å². The van der Waals surface area contributed by atoms with Crippen molar-refractivity contribution in [3.05, 3.63) is 33.8 Å². The van der Waals surface area contributed by atoms with Crippen LogP contribution < -0.4 is 0 Å². The Morgan fingerprint density at radius 1 is 1.29 bits per heavy atom. The summed E-state index contributed by atoms with van der Waals surface area (Å²) in [4.78, 5) is 11.8. The molecular formula is C13H16Cl2OS. The highest BCUT2D eigenvalue weighted by molar-refractivity contribution is 7.99. The minimum absolute atomic E-state index is 0.172. The molecule has 0 atom stereocenters. The third-order valence-corrected chi connectivity index (χ3v) is 4.29. The van der Waals surface area contributed by atoms with Gasteiger partial charge in [0.1, 0.15) is 5.78 Å². The fourth-order valence-corrected chi connectivity index (χ4v) is 2.81. The molecule has 1 aromatic rings. The van der Waals surface area contributed by atoms with Gasteiger partial charge in [-0.15, -0.1) is 0 Å². The number of ketones is 1. The second kappa shape index (κ2) is 7.30. The number of halogens is 2. The van der Waals surface area contributed by atoms with Gasteiger partial charge in [0.05, 0.1) is 5.75 Å². The number of hydrogen-bond donors (Lipinski definition) is 0. The molecule has 0 N–H and O–H groups in total. The third kappa shape index (κ3) is 5.33. The molecule has 0 unspecified atom stereocenters. The molecule has 1 nitrogen and oxygen atoms in total. The van der Waals surface area contributed by atoms with E-state index in [4.69, 9.17) is 23.2 Å². The number of benzene rings is 1. The van der Waals surface area contributed by atoms with Gasteiger partial charge < -0.3 is 0 Å². The highest BCUT2D eigenvalue weighted by Gasteiger charge is 2.10. The summed E-state index contributed by atoms with van der Waals surface area (Å²) in [5.74, 6) is 2.31. The van der Waals surface area contributed by atoms with Gasteiger partial charge in [0, 0.05) is 16.5 Å². The zero-order valence-electron chi connectivity index (χ0n) is 10.0. The lowest BCUT2D eigenvalue weighted by Gasteiger charge is -2.07.